The quantitative estimate of drug-likeness (QED) is 0.494. The van der Waals surface area contributed by atoms with Gasteiger partial charge in [-0.3, -0.25) is 14.5 Å². The van der Waals surface area contributed by atoms with E-state index in [4.69, 9.17) is 5.26 Å². The molecule has 0 spiro atoms. The van der Waals surface area contributed by atoms with Crippen LogP contribution in [-0.4, -0.2) is 59.9 Å². The number of hydrogen-bond donors (Lipinski definition) is 1. The van der Waals surface area contributed by atoms with E-state index in [0.717, 1.165) is 19.5 Å². The van der Waals surface area contributed by atoms with Crippen LogP contribution >= 0.6 is 0 Å². The van der Waals surface area contributed by atoms with Crippen LogP contribution in [0.3, 0.4) is 0 Å². The van der Waals surface area contributed by atoms with Gasteiger partial charge in [-0.1, -0.05) is 0 Å². The number of piperazine rings is 1. The zero-order chi connectivity index (χ0) is 13.1. The van der Waals surface area contributed by atoms with Gasteiger partial charge in [0.05, 0.1) is 6.07 Å². The molecule has 2 heterocycles. The van der Waals surface area contributed by atoms with Gasteiger partial charge in [0.2, 0.25) is 0 Å². The molecule has 2 amide bonds. The summed E-state index contributed by atoms with van der Waals surface area (Å²) in [7, 11) is 0. The van der Waals surface area contributed by atoms with Crippen LogP contribution in [0.15, 0.2) is 0 Å². The highest BCUT2D eigenvalue weighted by atomic mass is 16.2. The predicted octanol–water partition coefficient (Wildman–Crippen LogP) is -0.679. The monoisotopic (exact) mass is 250 g/mol. The number of fused-ring (bicyclic) bond motifs is 1. The van der Waals surface area contributed by atoms with E-state index in [1.165, 1.54) is 6.42 Å². The van der Waals surface area contributed by atoms with Crippen molar-refractivity contribution in [1.29, 1.82) is 5.26 Å². The van der Waals surface area contributed by atoms with E-state index in [1.807, 2.05) is 6.92 Å². The fraction of sp³-hybridized carbons (Fsp3) is 0.750. The Labute approximate surface area is 107 Å². The van der Waals surface area contributed by atoms with Gasteiger partial charge >= 0.3 is 11.8 Å². The SMILES string of the molecule is CC1CN2CCCC2CN1C(=O)C(=O)NCC#N. The molecule has 6 nitrogen and oxygen atoms in total. The third-order valence-corrected chi connectivity index (χ3v) is 3.72. The van der Waals surface area contributed by atoms with Crippen molar-refractivity contribution in [2.24, 2.45) is 0 Å². The Kier molecular flexibility index (Phi) is 3.82. The van der Waals surface area contributed by atoms with E-state index in [2.05, 4.69) is 10.2 Å². The van der Waals surface area contributed by atoms with Crippen molar-refractivity contribution < 1.29 is 9.59 Å². The summed E-state index contributed by atoms with van der Waals surface area (Å²) in [6, 6.07) is 2.25. The summed E-state index contributed by atoms with van der Waals surface area (Å²) in [6.07, 6.45) is 2.26. The van der Waals surface area contributed by atoms with Crippen molar-refractivity contribution >= 4 is 11.8 Å². The van der Waals surface area contributed by atoms with Gasteiger partial charge in [0, 0.05) is 25.2 Å². The number of nitriles is 1. The average molecular weight is 250 g/mol. The first-order chi connectivity index (χ1) is 8.63. The maximum absolute atomic E-state index is 12.0. The summed E-state index contributed by atoms with van der Waals surface area (Å²) in [5, 5.41) is 10.7. The second-order valence-corrected chi connectivity index (χ2v) is 4.94. The third kappa shape index (κ3) is 2.46. The molecule has 1 N–H and O–H groups in total. The molecule has 0 aromatic heterocycles. The standard InChI is InChI=1S/C12H18N4O2/c1-9-7-15-6-2-3-10(15)8-16(9)12(18)11(17)14-5-4-13/h9-10H,2-3,5-8H2,1H3,(H,14,17). The van der Waals surface area contributed by atoms with E-state index < -0.39 is 11.8 Å². The molecule has 0 bridgehead atoms. The summed E-state index contributed by atoms with van der Waals surface area (Å²) in [5.74, 6) is -1.18. The molecule has 2 aliphatic rings. The Hall–Kier alpha value is -1.61. The van der Waals surface area contributed by atoms with Crippen LogP contribution in [-0.2, 0) is 9.59 Å². The van der Waals surface area contributed by atoms with E-state index >= 15 is 0 Å². The Bertz CT molecular complexity index is 390. The van der Waals surface area contributed by atoms with Crippen molar-refractivity contribution in [3.8, 4) is 6.07 Å². The second kappa shape index (κ2) is 5.36. The molecule has 0 radical (unpaired) electrons. The lowest BCUT2D eigenvalue weighted by molar-refractivity contribution is -0.149. The fourth-order valence-electron chi connectivity index (χ4n) is 2.80. The van der Waals surface area contributed by atoms with Crippen molar-refractivity contribution in [2.75, 3.05) is 26.2 Å². The zero-order valence-electron chi connectivity index (χ0n) is 10.6. The van der Waals surface area contributed by atoms with Gasteiger partial charge in [-0.05, 0) is 26.3 Å². The van der Waals surface area contributed by atoms with Gasteiger partial charge in [0.25, 0.3) is 0 Å². The summed E-state index contributed by atoms with van der Waals surface area (Å²) in [5.41, 5.74) is 0. The molecular formula is C12H18N4O2. The number of amides is 2. The minimum Gasteiger partial charge on any atom is -0.335 e. The van der Waals surface area contributed by atoms with Crippen molar-refractivity contribution in [1.82, 2.24) is 15.1 Å². The molecule has 2 aliphatic heterocycles. The summed E-state index contributed by atoms with van der Waals surface area (Å²) in [6.45, 7) is 4.39. The Morgan fingerprint density at radius 2 is 2.22 bits per heavy atom. The fourth-order valence-corrected chi connectivity index (χ4v) is 2.80. The number of carbonyl (C=O) groups is 2. The van der Waals surface area contributed by atoms with Crippen LogP contribution in [0.2, 0.25) is 0 Å². The molecule has 2 atom stereocenters. The zero-order valence-corrected chi connectivity index (χ0v) is 10.6. The molecule has 18 heavy (non-hydrogen) atoms. The maximum atomic E-state index is 12.0. The normalized spacial score (nSPS) is 27.4. The van der Waals surface area contributed by atoms with Crippen LogP contribution < -0.4 is 5.32 Å². The Morgan fingerprint density at radius 3 is 2.94 bits per heavy atom. The molecule has 0 aliphatic carbocycles. The van der Waals surface area contributed by atoms with Gasteiger partial charge in [-0.25, -0.2) is 0 Å². The minimum atomic E-state index is -0.671. The lowest BCUT2D eigenvalue weighted by atomic mass is 10.1. The van der Waals surface area contributed by atoms with Crippen LogP contribution in [0.25, 0.3) is 0 Å². The first kappa shape index (κ1) is 12.8. The average Bonchev–Trinajstić information content (AvgIpc) is 2.81. The molecular weight excluding hydrogens is 232 g/mol. The van der Waals surface area contributed by atoms with E-state index in [-0.39, 0.29) is 12.6 Å². The van der Waals surface area contributed by atoms with Crippen molar-refractivity contribution in [3.63, 3.8) is 0 Å². The molecule has 0 saturated carbocycles. The Morgan fingerprint density at radius 1 is 1.44 bits per heavy atom. The van der Waals surface area contributed by atoms with Gasteiger partial charge in [0.1, 0.15) is 6.54 Å². The van der Waals surface area contributed by atoms with Crippen molar-refractivity contribution in [2.45, 2.75) is 31.8 Å². The molecule has 2 rings (SSSR count). The summed E-state index contributed by atoms with van der Waals surface area (Å²) < 4.78 is 0. The predicted molar refractivity (Wildman–Crippen MR) is 64.4 cm³/mol. The number of nitrogens with zero attached hydrogens (tertiary/aromatic N) is 3. The largest absolute Gasteiger partial charge is 0.335 e. The Balaban J connectivity index is 1.97. The molecule has 2 fully saturated rings. The number of hydrogen-bond acceptors (Lipinski definition) is 4. The van der Waals surface area contributed by atoms with E-state index in [0.29, 0.717) is 12.6 Å². The number of nitrogens with one attached hydrogen (secondary N) is 1. The van der Waals surface area contributed by atoms with Crippen LogP contribution in [0.4, 0.5) is 0 Å². The second-order valence-electron chi connectivity index (χ2n) is 4.94. The first-order valence-electron chi connectivity index (χ1n) is 6.33. The molecule has 0 aromatic carbocycles. The van der Waals surface area contributed by atoms with E-state index in [9.17, 15) is 9.59 Å². The smallest absolute Gasteiger partial charge is 0.312 e. The molecule has 6 heteroatoms. The van der Waals surface area contributed by atoms with Gasteiger partial charge in [0.15, 0.2) is 0 Å². The maximum Gasteiger partial charge on any atom is 0.312 e. The highest BCUT2D eigenvalue weighted by Crippen LogP contribution is 2.24. The highest BCUT2D eigenvalue weighted by Gasteiger charge is 2.38. The topological polar surface area (TPSA) is 76.4 Å². The molecule has 0 aromatic rings. The van der Waals surface area contributed by atoms with Crippen LogP contribution in [0.5, 0.6) is 0 Å². The van der Waals surface area contributed by atoms with Crippen LogP contribution in [0, 0.1) is 11.3 Å². The van der Waals surface area contributed by atoms with Crippen molar-refractivity contribution in [3.05, 3.63) is 0 Å². The summed E-state index contributed by atoms with van der Waals surface area (Å²) >= 11 is 0. The van der Waals surface area contributed by atoms with E-state index in [1.54, 1.807) is 11.0 Å². The first-order valence-corrected chi connectivity index (χ1v) is 6.33. The van der Waals surface area contributed by atoms with Gasteiger partial charge in [-0.2, -0.15) is 5.26 Å². The van der Waals surface area contributed by atoms with Crippen LogP contribution in [0.1, 0.15) is 19.8 Å². The number of rotatable bonds is 1. The lowest BCUT2D eigenvalue weighted by Crippen LogP contribution is -2.59. The number of carbonyl (C=O) groups excluding carboxylic acids is 2. The molecule has 2 saturated heterocycles. The molecule has 98 valence electrons. The lowest BCUT2D eigenvalue weighted by Gasteiger charge is -2.41. The third-order valence-electron chi connectivity index (χ3n) is 3.72. The summed E-state index contributed by atoms with van der Waals surface area (Å²) in [4.78, 5) is 27.6. The minimum absolute atomic E-state index is 0.0553. The van der Waals surface area contributed by atoms with Gasteiger partial charge < -0.3 is 10.2 Å². The highest BCUT2D eigenvalue weighted by molar-refractivity contribution is 6.35. The molecule has 2 unspecified atom stereocenters. The van der Waals surface area contributed by atoms with Gasteiger partial charge in [-0.15, -0.1) is 0 Å².